The van der Waals surface area contributed by atoms with Gasteiger partial charge in [0.15, 0.2) is 7.14 Å². The molecule has 0 fully saturated rings. The third kappa shape index (κ3) is 3.95. The van der Waals surface area contributed by atoms with E-state index in [1.807, 2.05) is 0 Å². The van der Waals surface area contributed by atoms with Crippen molar-refractivity contribution < 1.29 is 35.7 Å². The van der Waals surface area contributed by atoms with Crippen molar-refractivity contribution in [3.8, 4) is 0 Å². The summed E-state index contributed by atoms with van der Waals surface area (Å²) in [5.74, 6) is 0. The fourth-order valence-electron chi connectivity index (χ4n) is 2.72. The lowest BCUT2D eigenvalue weighted by atomic mass is 10.0. The Labute approximate surface area is 151 Å². The maximum absolute atomic E-state index is 13.5. The first-order chi connectivity index (χ1) is 12.3. The predicted octanol–water partition coefficient (Wildman–Crippen LogP) is 5.96. The van der Waals surface area contributed by atoms with Gasteiger partial charge in [0.05, 0.1) is 16.7 Å². The molecule has 2 aromatic rings. The van der Waals surface area contributed by atoms with Gasteiger partial charge in [0.1, 0.15) is 0 Å². The minimum Gasteiger partial charge on any atom is -0.310 e. The van der Waals surface area contributed by atoms with Gasteiger partial charge in [0.25, 0.3) is 0 Å². The first-order valence-electron chi connectivity index (χ1n) is 7.79. The molecule has 2 aromatic carbocycles. The number of hydrogen-bond donors (Lipinski definition) is 0. The van der Waals surface area contributed by atoms with Crippen LogP contribution < -0.4 is 5.30 Å². The van der Waals surface area contributed by atoms with Crippen LogP contribution in [0.15, 0.2) is 48.5 Å². The average molecular weight is 408 g/mol. The molecule has 27 heavy (non-hydrogen) atoms. The molecule has 0 N–H and O–H groups in total. The van der Waals surface area contributed by atoms with Crippen LogP contribution in [0.4, 0.5) is 26.3 Å². The molecule has 9 heteroatoms. The van der Waals surface area contributed by atoms with E-state index in [-0.39, 0.29) is 5.30 Å². The normalized spacial score (nSPS) is 14.9. The van der Waals surface area contributed by atoms with Crippen molar-refractivity contribution >= 4 is 18.0 Å². The molecule has 1 unspecified atom stereocenters. The van der Waals surface area contributed by atoms with Gasteiger partial charge in [0, 0.05) is 11.0 Å². The van der Waals surface area contributed by atoms with E-state index < -0.39 is 47.4 Å². The summed E-state index contributed by atoms with van der Waals surface area (Å²) in [5, 5.41) is -0.0879. The second-order valence-corrected chi connectivity index (χ2v) is 9.39. The Bertz CT molecular complexity index is 853. The summed E-state index contributed by atoms with van der Waals surface area (Å²) in [7, 11) is -4.29. The topological polar surface area (TPSA) is 34.1 Å². The van der Waals surface area contributed by atoms with E-state index in [4.69, 9.17) is 0 Å². The largest absolute Gasteiger partial charge is 0.417 e. The number of carbonyl (C=O) groups is 1. The minimum atomic E-state index is -5.22. The van der Waals surface area contributed by atoms with Gasteiger partial charge in [-0.25, -0.2) is 0 Å². The molecular formula is C18H15F6O2P. The number of hydrogen-bond acceptors (Lipinski definition) is 2. The second-order valence-electron chi connectivity index (χ2n) is 6.12. The number of benzene rings is 2. The zero-order valence-electron chi connectivity index (χ0n) is 14.2. The van der Waals surface area contributed by atoms with Crippen molar-refractivity contribution in [2.75, 3.05) is 0 Å². The van der Waals surface area contributed by atoms with Crippen LogP contribution in [-0.2, 0) is 16.9 Å². The SMILES string of the molecule is CC(C)P(=O)(C(=O)c1c(C(F)(F)F)cccc1C(F)(F)F)c1ccccc1. The molecule has 0 bridgehead atoms. The number of alkyl halides is 6. The smallest absolute Gasteiger partial charge is 0.310 e. The van der Waals surface area contributed by atoms with Crippen LogP contribution in [0.5, 0.6) is 0 Å². The molecule has 1 atom stereocenters. The summed E-state index contributed by atoms with van der Waals surface area (Å²) in [4.78, 5) is 13.0. The van der Waals surface area contributed by atoms with Crippen LogP contribution in [0.1, 0.15) is 35.3 Å². The highest BCUT2D eigenvalue weighted by Gasteiger charge is 2.48. The quantitative estimate of drug-likeness (QED) is 0.462. The summed E-state index contributed by atoms with van der Waals surface area (Å²) < 4.78 is 93.6. The highest BCUT2D eigenvalue weighted by atomic mass is 31.2. The van der Waals surface area contributed by atoms with Gasteiger partial charge in [0.2, 0.25) is 5.52 Å². The van der Waals surface area contributed by atoms with E-state index in [9.17, 15) is 35.7 Å². The van der Waals surface area contributed by atoms with Gasteiger partial charge in [-0.15, -0.1) is 0 Å². The van der Waals surface area contributed by atoms with E-state index >= 15 is 0 Å². The highest BCUT2D eigenvalue weighted by molar-refractivity contribution is 7.88. The Balaban J connectivity index is 2.86. The first kappa shape index (κ1) is 21.2. The molecule has 2 nitrogen and oxygen atoms in total. The summed E-state index contributed by atoms with van der Waals surface area (Å²) in [6, 6.07) is 8.24. The molecule has 0 heterocycles. The summed E-state index contributed by atoms with van der Waals surface area (Å²) in [6.07, 6.45) is -10.4. The monoisotopic (exact) mass is 408 g/mol. The zero-order valence-corrected chi connectivity index (χ0v) is 15.1. The fourth-order valence-corrected chi connectivity index (χ4v) is 5.21. The van der Waals surface area contributed by atoms with Crippen LogP contribution in [-0.4, -0.2) is 11.2 Å². The van der Waals surface area contributed by atoms with Gasteiger partial charge in [-0.05, 0) is 12.1 Å². The van der Waals surface area contributed by atoms with Crippen LogP contribution >= 0.6 is 7.14 Å². The molecular weight excluding hydrogens is 393 g/mol. The van der Waals surface area contributed by atoms with Crippen molar-refractivity contribution in [3.05, 3.63) is 65.2 Å². The van der Waals surface area contributed by atoms with Gasteiger partial charge < -0.3 is 4.57 Å². The minimum absolute atomic E-state index is 0.0879. The molecule has 2 rings (SSSR count). The lowest BCUT2D eigenvalue weighted by Gasteiger charge is -2.25. The third-order valence-electron chi connectivity index (χ3n) is 4.06. The summed E-state index contributed by atoms with van der Waals surface area (Å²) >= 11 is 0. The van der Waals surface area contributed by atoms with Crippen molar-refractivity contribution in [3.63, 3.8) is 0 Å². The Kier molecular flexibility index (Phi) is 5.62. The maximum atomic E-state index is 13.5. The van der Waals surface area contributed by atoms with E-state index in [1.165, 1.54) is 44.2 Å². The van der Waals surface area contributed by atoms with E-state index in [0.29, 0.717) is 18.2 Å². The zero-order chi connectivity index (χ0) is 20.6. The molecule has 0 aliphatic heterocycles. The first-order valence-corrected chi connectivity index (χ1v) is 9.56. The lowest BCUT2D eigenvalue weighted by Crippen LogP contribution is -2.25. The molecule has 0 amide bonds. The molecule has 0 saturated heterocycles. The van der Waals surface area contributed by atoms with Crippen LogP contribution in [0.3, 0.4) is 0 Å². The van der Waals surface area contributed by atoms with Crippen LogP contribution in [0.25, 0.3) is 0 Å². The van der Waals surface area contributed by atoms with Crippen molar-refractivity contribution in [2.24, 2.45) is 0 Å². The van der Waals surface area contributed by atoms with Gasteiger partial charge >= 0.3 is 12.4 Å². The number of halogens is 6. The van der Waals surface area contributed by atoms with Crippen molar-refractivity contribution in [1.29, 1.82) is 0 Å². The summed E-state index contributed by atoms with van der Waals surface area (Å²) in [5.41, 5.74) is -7.74. The number of carbonyl (C=O) groups excluding carboxylic acids is 1. The highest BCUT2D eigenvalue weighted by Crippen LogP contribution is 2.55. The van der Waals surface area contributed by atoms with E-state index in [2.05, 4.69) is 0 Å². The van der Waals surface area contributed by atoms with E-state index in [1.54, 1.807) is 0 Å². The molecule has 0 aromatic heterocycles. The Morgan fingerprint density at radius 2 is 1.26 bits per heavy atom. The van der Waals surface area contributed by atoms with Gasteiger partial charge in [-0.1, -0.05) is 50.2 Å². The van der Waals surface area contributed by atoms with E-state index in [0.717, 1.165) is 0 Å². The summed E-state index contributed by atoms with van der Waals surface area (Å²) in [6.45, 7) is 2.66. The fraction of sp³-hybridized carbons (Fsp3) is 0.278. The van der Waals surface area contributed by atoms with Crippen molar-refractivity contribution in [1.82, 2.24) is 0 Å². The maximum Gasteiger partial charge on any atom is 0.417 e. The molecule has 0 spiro atoms. The van der Waals surface area contributed by atoms with Gasteiger partial charge in [-0.3, -0.25) is 4.79 Å². The molecule has 0 radical (unpaired) electrons. The standard InChI is InChI=1S/C18H15F6O2P/c1-11(2)27(26,12-7-4-3-5-8-12)16(25)15-13(17(19,20)21)9-6-10-14(15)18(22,23)24/h3-11H,1-2H3. The molecule has 0 saturated carbocycles. The molecule has 0 aliphatic carbocycles. The third-order valence-corrected chi connectivity index (χ3v) is 7.40. The number of rotatable bonds is 4. The molecule has 146 valence electrons. The average Bonchev–Trinajstić information content (AvgIpc) is 2.58. The Morgan fingerprint density at radius 3 is 1.63 bits per heavy atom. The van der Waals surface area contributed by atoms with Crippen molar-refractivity contribution in [2.45, 2.75) is 31.9 Å². The van der Waals surface area contributed by atoms with Gasteiger partial charge in [-0.2, -0.15) is 26.3 Å². The Hall–Kier alpha value is -2.08. The molecule has 0 aliphatic rings. The second kappa shape index (κ2) is 7.15. The van der Waals surface area contributed by atoms with Crippen LogP contribution in [0, 0.1) is 0 Å². The predicted molar refractivity (Wildman–Crippen MR) is 89.6 cm³/mol. The van der Waals surface area contributed by atoms with Crippen LogP contribution in [0.2, 0.25) is 0 Å². The Morgan fingerprint density at radius 1 is 0.815 bits per heavy atom. The lowest BCUT2D eigenvalue weighted by molar-refractivity contribution is -0.143.